The normalized spacial score (nSPS) is 15.3. The topological polar surface area (TPSA) is 48.5 Å². The Morgan fingerprint density at radius 3 is 2.73 bits per heavy atom. The Balaban J connectivity index is 1.73. The summed E-state index contributed by atoms with van der Waals surface area (Å²) in [6.07, 6.45) is 3.97. The van der Waals surface area contributed by atoms with Gasteiger partial charge in [-0.25, -0.2) is 9.37 Å². The summed E-state index contributed by atoms with van der Waals surface area (Å²) in [6, 6.07) is 9.98. The van der Waals surface area contributed by atoms with Gasteiger partial charge in [0.15, 0.2) is 0 Å². The van der Waals surface area contributed by atoms with Gasteiger partial charge in [-0.05, 0) is 56.8 Å². The number of amides is 1. The number of carbonyl (C=O) groups excluding carboxylic acids is 1. The van der Waals surface area contributed by atoms with Crippen LogP contribution in [-0.4, -0.2) is 49.5 Å². The van der Waals surface area contributed by atoms with E-state index in [9.17, 15) is 9.18 Å². The molecule has 0 aliphatic carbocycles. The highest BCUT2D eigenvalue weighted by molar-refractivity contribution is 5.98. The van der Waals surface area contributed by atoms with Crippen molar-refractivity contribution in [2.75, 3.05) is 38.6 Å². The number of hydrogen-bond acceptors (Lipinski definition) is 4. The first-order valence-electron chi connectivity index (χ1n) is 8.96. The molecule has 0 radical (unpaired) electrons. The standard InChI is InChI=1S/C20H25FN4O/c1-24(2)18(15-7-5-8-16(21)13-15)14-23-20(26)17-9-6-10-22-19(17)25-11-3-4-12-25/h5-10,13,18H,3-4,11-12,14H2,1-2H3,(H,23,26). The first-order chi connectivity index (χ1) is 12.6. The van der Waals surface area contributed by atoms with Crippen LogP contribution in [0.25, 0.3) is 0 Å². The molecule has 2 heterocycles. The fourth-order valence-corrected chi connectivity index (χ4v) is 3.35. The molecule has 1 aromatic heterocycles. The Kier molecular flexibility index (Phi) is 5.83. The summed E-state index contributed by atoms with van der Waals surface area (Å²) in [5, 5.41) is 2.99. The number of anilines is 1. The predicted molar refractivity (Wildman–Crippen MR) is 101 cm³/mol. The summed E-state index contributed by atoms with van der Waals surface area (Å²) >= 11 is 0. The van der Waals surface area contributed by atoms with Crippen molar-refractivity contribution in [2.45, 2.75) is 18.9 Å². The zero-order valence-electron chi connectivity index (χ0n) is 15.3. The summed E-state index contributed by atoms with van der Waals surface area (Å²) < 4.78 is 13.6. The number of nitrogens with one attached hydrogen (secondary N) is 1. The lowest BCUT2D eigenvalue weighted by atomic mass is 10.1. The molecule has 0 bridgehead atoms. The fourth-order valence-electron chi connectivity index (χ4n) is 3.35. The highest BCUT2D eigenvalue weighted by Crippen LogP contribution is 2.23. The van der Waals surface area contributed by atoms with E-state index < -0.39 is 0 Å². The number of likely N-dealkylation sites (N-methyl/N-ethyl adjacent to an activating group) is 1. The van der Waals surface area contributed by atoms with E-state index in [0.29, 0.717) is 12.1 Å². The van der Waals surface area contributed by atoms with Crippen LogP contribution in [-0.2, 0) is 0 Å². The van der Waals surface area contributed by atoms with Gasteiger partial charge in [-0.2, -0.15) is 0 Å². The summed E-state index contributed by atoms with van der Waals surface area (Å²) in [7, 11) is 3.84. The quantitative estimate of drug-likeness (QED) is 0.865. The Morgan fingerprint density at radius 1 is 1.27 bits per heavy atom. The van der Waals surface area contributed by atoms with Crippen LogP contribution in [0.15, 0.2) is 42.6 Å². The average Bonchev–Trinajstić information content (AvgIpc) is 3.16. The molecule has 138 valence electrons. The maximum atomic E-state index is 13.6. The Morgan fingerprint density at radius 2 is 2.04 bits per heavy atom. The van der Waals surface area contributed by atoms with Crippen molar-refractivity contribution in [2.24, 2.45) is 0 Å². The molecule has 26 heavy (non-hydrogen) atoms. The highest BCUT2D eigenvalue weighted by atomic mass is 19.1. The third-order valence-electron chi connectivity index (χ3n) is 4.75. The van der Waals surface area contributed by atoms with Crippen LogP contribution in [0.5, 0.6) is 0 Å². The molecule has 3 rings (SSSR count). The maximum Gasteiger partial charge on any atom is 0.255 e. The lowest BCUT2D eigenvalue weighted by molar-refractivity contribution is 0.0942. The smallest absolute Gasteiger partial charge is 0.255 e. The summed E-state index contributed by atoms with van der Waals surface area (Å²) in [6.45, 7) is 2.26. The minimum Gasteiger partial charge on any atom is -0.356 e. The number of benzene rings is 1. The fraction of sp³-hybridized carbons (Fsp3) is 0.400. The number of pyridine rings is 1. The second-order valence-corrected chi connectivity index (χ2v) is 6.81. The second kappa shape index (κ2) is 8.27. The number of rotatable bonds is 6. The van der Waals surface area contributed by atoms with Crippen LogP contribution in [0.4, 0.5) is 10.2 Å². The molecule has 1 saturated heterocycles. The third-order valence-corrected chi connectivity index (χ3v) is 4.75. The molecule has 1 aliphatic heterocycles. The van der Waals surface area contributed by atoms with Gasteiger partial charge >= 0.3 is 0 Å². The SMILES string of the molecule is CN(C)C(CNC(=O)c1cccnc1N1CCCC1)c1cccc(F)c1. The number of nitrogens with zero attached hydrogens (tertiary/aromatic N) is 3. The molecule has 2 aromatic rings. The van der Waals surface area contributed by atoms with Crippen LogP contribution >= 0.6 is 0 Å². The first kappa shape index (κ1) is 18.3. The van der Waals surface area contributed by atoms with Crippen molar-refractivity contribution < 1.29 is 9.18 Å². The minimum atomic E-state index is -0.274. The molecule has 1 N–H and O–H groups in total. The lowest BCUT2D eigenvalue weighted by Crippen LogP contribution is -2.35. The average molecular weight is 356 g/mol. The maximum absolute atomic E-state index is 13.6. The lowest BCUT2D eigenvalue weighted by Gasteiger charge is -2.26. The van der Waals surface area contributed by atoms with Crippen molar-refractivity contribution in [3.05, 3.63) is 59.5 Å². The molecule has 1 fully saturated rings. The third kappa shape index (κ3) is 4.19. The van der Waals surface area contributed by atoms with E-state index in [0.717, 1.165) is 37.3 Å². The number of aromatic nitrogens is 1. The molecule has 6 heteroatoms. The molecule has 1 aliphatic rings. The monoisotopic (exact) mass is 356 g/mol. The van der Waals surface area contributed by atoms with Crippen molar-refractivity contribution in [3.8, 4) is 0 Å². The van der Waals surface area contributed by atoms with Gasteiger partial charge in [0.1, 0.15) is 11.6 Å². The second-order valence-electron chi connectivity index (χ2n) is 6.81. The van der Waals surface area contributed by atoms with Crippen molar-refractivity contribution in [1.29, 1.82) is 0 Å². The Bertz CT molecular complexity index is 759. The van der Waals surface area contributed by atoms with E-state index in [2.05, 4.69) is 15.2 Å². The van der Waals surface area contributed by atoms with Crippen LogP contribution in [0.3, 0.4) is 0 Å². The van der Waals surface area contributed by atoms with Gasteiger partial charge in [0.05, 0.1) is 11.6 Å². The van der Waals surface area contributed by atoms with Crippen molar-refractivity contribution >= 4 is 11.7 Å². The molecular weight excluding hydrogens is 331 g/mol. The number of halogens is 1. The molecule has 0 spiro atoms. The van der Waals surface area contributed by atoms with Gasteiger partial charge < -0.3 is 15.1 Å². The van der Waals surface area contributed by atoms with E-state index in [1.54, 1.807) is 18.3 Å². The molecule has 0 saturated carbocycles. The summed E-state index contributed by atoms with van der Waals surface area (Å²) in [5.41, 5.74) is 1.42. The largest absolute Gasteiger partial charge is 0.356 e. The number of hydrogen-bond donors (Lipinski definition) is 1. The summed E-state index contributed by atoms with van der Waals surface area (Å²) in [5.74, 6) is 0.321. The van der Waals surface area contributed by atoms with E-state index in [4.69, 9.17) is 0 Å². The Labute approximate surface area is 153 Å². The molecular formula is C20H25FN4O. The zero-order chi connectivity index (χ0) is 18.5. The van der Waals surface area contributed by atoms with Crippen molar-refractivity contribution in [1.82, 2.24) is 15.2 Å². The van der Waals surface area contributed by atoms with Gasteiger partial charge in [0.25, 0.3) is 5.91 Å². The van der Waals surface area contributed by atoms with E-state index in [1.165, 1.54) is 12.1 Å². The van der Waals surface area contributed by atoms with Crippen LogP contribution in [0, 0.1) is 5.82 Å². The highest BCUT2D eigenvalue weighted by Gasteiger charge is 2.22. The summed E-state index contributed by atoms with van der Waals surface area (Å²) in [4.78, 5) is 21.3. The molecule has 1 atom stereocenters. The first-order valence-corrected chi connectivity index (χ1v) is 8.96. The van der Waals surface area contributed by atoms with Gasteiger partial charge in [-0.15, -0.1) is 0 Å². The Hall–Kier alpha value is -2.47. The predicted octanol–water partition coefficient (Wildman–Crippen LogP) is 2.85. The molecule has 1 aromatic carbocycles. The van der Waals surface area contributed by atoms with Gasteiger partial charge in [-0.3, -0.25) is 4.79 Å². The molecule has 1 unspecified atom stereocenters. The van der Waals surface area contributed by atoms with Gasteiger partial charge in [0, 0.05) is 25.8 Å². The molecule has 5 nitrogen and oxygen atoms in total. The minimum absolute atomic E-state index is 0.110. The van der Waals surface area contributed by atoms with Crippen LogP contribution in [0.2, 0.25) is 0 Å². The van der Waals surface area contributed by atoms with E-state index in [-0.39, 0.29) is 17.8 Å². The molecule has 1 amide bonds. The van der Waals surface area contributed by atoms with Crippen LogP contribution in [0.1, 0.15) is 34.8 Å². The van der Waals surface area contributed by atoms with E-state index in [1.807, 2.05) is 31.1 Å². The number of carbonyl (C=O) groups is 1. The van der Waals surface area contributed by atoms with Crippen LogP contribution < -0.4 is 10.2 Å². The zero-order valence-corrected chi connectivity index (χ0v) is 15.3. The van der Waals surface area contributed by atoms with E-state index >= 15 is 0 Å². The van der Waals surface area contributed by atoms with Crippen molar-refractivity contribution in [3.63, 3.8) is 0 Å². The van der Waals surface area contributed by atoms with Gasteiger partial charge in [0.2, 0.25) is 0 Å². The van der Waals surface area contributed by atoms with Gasteiger partial charge in [-0.1, -0.05) is 12.1 Å².